The zero-order chi connectivity index (χ0) is 18.5. The molecule has 0 aliphatic heterocycles. The van der Waals surface area contributed by atoms with Gasteiger partial charge in [0.05, 0.1) is 12.3 Å². The van der Waals surface area contributed by atoms with E-state index in [4.69, 9.17) is 4.74 Å². The van der Waals surface area contributed by atoms with Gasteiger partial charge in [0.15, 0.2) is 5.13 Å². The molecule has 0 unspecified atom stereocenters. The maximum absolute atomic E-state index is 12.4. The number of nitrogens with one attached hydrogen (secondary N) is 1. The Bertz CT molecular complexity index is 918. The normalized spacial score (nSPS) is 10.4. The van der Waals surface area contributed by atoms with Crippen LogP contribution >= 0.6 is 11.3 Å². The zero-order valence-electron chi connectivity index (χ0n) is 14.5. The molecule has 1 aromatic heterocycles. The van der Waals surface area contributed by atoms with Gasteiger partial charge >= 0.3 is 5.97 Å². The lowest BCUT2D eigenvalue weighted by atomic mass is 10.0. The third-order valence-corrected chi connectivity index (χ3v) is 4.78. The van der Waals surface area contributed by atoms with Crippen molar-refractivity contribution < 1.29 is 14.3 Å². The van der Waals surface area contributed by atoms with Crippen LogP contribution in [0.2, 0.25) is 0 Å². The molecular formula is C20H18N2O3S. The van der Waals surface area contributed by atoms with Gasteiger partial charge in [-0.3, -0.25) is 10.1 Å². The van der Waals surface area contributed by atoms with Gasteiger partial charge in [0.1, 0.15) is 4.88 Å². The maximum atomic E-state index is 12.4. The molecule has 1 heterocycles. The van der Waals surface area contributed by atoms with Crippen molar-refractivity contribution in [2.75, 3.05) is 11.9 Å². The van der Waals surface area contributed by atoms with Crippen LogP contribution < -0.4 is 5.32 Å². The Labute approximate surface area is 155 Å². The lowest BCUT2D eigenvalue weighted by Crippen LogP contribution is -2.11. The highest BCUT2D eigenvalue weighted by Crippen LogP contribution is 2.24. The molecule has 0 atom stereocenters. The van der Waals surface area contributed by atoms with Crippen LogP contribution in [0.15, 0.2) is 54.6 Å². The molecule has 0 aliphatic rings. The molecule has 2 aromatic carbocycles. The van der Waals surface area contributed by atoms with E-state index in [0.29, 0.717) is 27.9 Å². The minimum absolute atomic E-state index is 0.270. The number of anilines is 1. The predicted molar refractivity (Wildman–Crippen MR) is 103 cm³/mol. The summed E-state index contributed by atoms with van der Waals surface area (Å²) in [4.78, 5) is 28.9. The molecule has 0 saturated heterocycles. The summed E-state index contributed by atoms with van der Waals surface area (Å²) in [6, 6.07) is 17.3. The number of aryl methyl sites for hydroxylation is 1. The summed E-state index contributed by atoms with van der Waals surface area (Å²) in [7, 11) is 0. The molecule has 5 nitrogen and oxygen atoms in total. The highest BCUT2D eigenvalue weighted by molar-refractivity contribution is 7.17. The Morgan fingerprint density at radius 1 is 1.04 bits per heavy atom. The first kappa shape index (κ1) is 17.8. The quantitative estimate of drug-likeness (QED) is 0.673. The molecule has 0 radical (unpaired) electrons. The van der Waals surface area contributed by atoms with E-state index in [1.54, 1.807) is 26.0 Å². The SMILES string of the molecule is CCOC(=O)c1sc(NC(=O)c2ccc(-c3ccccc3)cc2)nc1C. The molecule has 26 heavy (non-hydrogen) atoms. The fourth-order valence-corrected chi connectivity index (χ4v) is 3.31. The lowest BCUT2D eigenvalue weighted by Gasteiger charge is -2.04. The topological polar surface area (TPSA) is 68.3 Å². The Kier molecular flexibility index (Phi) is 5.43. The smallest absolute Gasteiger partial charge is 0.350 e. The van der Waals surface area contributed by atoms with Crippen LogP contribution in [0, 0.1) is 6.92 Å². The van der Waals surface area contributed by atoms with Gasteiger partial charge in [0, 0.05) is 5.56 Å². The standard InChI is InChI=1S/C20H18N2O3S/c1-3-25-19(24)17-13(2)21-20(26-17)22-18(23)16-11-9-15(10-12-16)14-7-5-4-6-8-14/h4-12H,3H2,1-2H3,(H,21,22,23). The number of carbonyl (C=O) groups excluding carboxylic acids is 2. The van der Waals surface area contributed by atoms with Crippen LogP contribution in [0.4, 0.5) is 5.13 Å². The van der Waals surface area contributed by atoms with Gasteiger partial charge in [-0.05, 0) is 37.1 Å². The number of benzene rings is 2. The second-order valence-corrected chi connectivity index (χ2v) is 6.55. The van der Waals surface area contributed by atoms with Crippen LogP contribution in [0.1, 0.15) is 32.6 Å². The minimum atomic E-state index is -0.421. The van der Waals surface area contributed by atoms with Crippen LogP contribution in [0.5, 0.6) is 0 Å². The predicted octanol–water partition coefficient (Wildman–Crippen LogP) is 4.55. The second-order valence-electron chi connectivity index (χ2n) is 5.55. The molecule has 0 bridgehead atoms. The molecule has 1 N–H and O–H groups in total. The van der Waals surface area contributed by atoms with Gasteiger partial charge in [0.2, 0.25) is 0 Å². The third-order valence-electron chi connectivity index (χ3n) is 3.73. The van der Waals surface area contributed by atoms with Crippen LogP contribution in [-0.2, 0) is 4.74 Å². The number of amides is 1. The average molecular weight is 366 g/mol. The zero-order valence-corrected chi connectivity index (χ0v) is 15.3. The van der Waals surface area contributed by atoms with E-state index < -0.39 is 5.97 Å². The summed E-state index contributed by atoms with van der Waals surface area (Å²) in [6.07, 6.45) is 0. The van der Waals surface area contributed by atoms with E-state index in [1.807, 2.05) is 42.5 Å². The molecule has 132 valence electrons. The summed E-state index contributed by atoms with van der Waals surface area (Å²) in [5.74, 6) is -0.691. The van der Waals surface area contributed by atoms with Crippen molar-refractivity contribution >= 4 is 28.3 Å². The first-order valence-electron chi connectivity index (χ1n) is 8.20. The lowest BCUT2D eigenvalue weighted by molar-refractivity contribution is 0.0531. The first-order chi connectivity index (χ1) is 12.6. The number of thiazole rings is 1. The number of hydrogen-bond donors (Lipinski definition) is 1. The van der Waals surface area contributed by atoms with E-state index >= 15 is 0 Å². The van der Waals surface area contributed by atoms with Gasteiger partial charge in [0.25, 0.3) is 5.91 Å². The van der Waals surface area contributed by atoms with Gasteiger partial charge < -0.3 is 4.74 Å². The number of ether oxygens (including phenoxy) is 1. The van der Waals surface area contributed by atoms with Gasteiger partial charge in [-0.25, -0.2) is 9.78 Å². The maximum Gasteiger partial charge on any atom is 0.350 e. The van der Waals surface area contributed by atoms with Crippen molar-refractivity contribution in [2.24, 2.45) is 0 Å². The Hall–Kier alpha value is -2.99. The highest BCUT2D eigenvalue weighted by Gasteiger charge is 2.18. The summed E-state index contributed by atoms with van der Waals surface area (Å²) < 4.78 is 4.99. The second kappa shape index (κ2) is 7.93. The number of rotatable bonds is 5. The molecular weight excluding hydrogens is 348 g/mol. The van der Waals surface area contributed by atoms with Crippen molar-refractivity contribution in [3.8, 4) is 11.1 Å². The summed E-state index contributed by atoms with van der Waals surface area (Å²) in [6.45, 7) is 3.76. The summed E-state index contributed by atoms with van der Waals surface area (Å²) in [5, 5.41) is 3.11. The largest absolute Gasteiger partial charge is 0.462 e. The molecule has 0 aliphatic carbocycles. The van der Waals surface area contributed by atoms with Crippen LogP contribution in [-0.4, -0.2) is 23.5 Å². The summed E-state index contributed by atoms with van der Waals surface area (Å²) >= 11 is 1.11. The van der Waals surface area contributed by atoms with Crippen LogP contribution in [0.3, 0.4) is 0 Å². The van der Waals surface area contributed by atoms with Gasteiger partial charge in [-0.1, -0.05) is 53.8 Å². The summed E-state index contributed by atoms with van der Waals surface area (Å²) in [5.41, 5.74) is 3.20. The molecule has 6 heteroatoms. The molecule has 0 saturated carbocycles. The average Bonchev–Trinajstić information content (AvgIpc) is 3.03. The number of aromatic nitrogens is 1. The highest BCUT2D eigenvalue weighted by atomic mass is 32.1. The fraction of sp³-hybridized carbons (Fsp3) is 0.150. The minimum Gasteiger partial charge on any atom is -0.462 e. The van der Waals surface area contributed by atoms with Crippen molar-refractivity contribution in [3.63, 3.8) is 0 Å². The monoisotopic (exact) mass is 366 g/mol. The van der Waals surface area contributed by atoms with E-state index in [-0.39, 0.29) is 5.91 Å². The van der Waals surface area contributed by atoms with Gasteiger partial charge in [-0.2, -0.15) is 0 Å². The molecule has 3 rings (SSSR count). The first-order valence-corrected chi connectivity index (χ1v) is 9.01. The van der Waals surface area contributed by atoms with E-state index in [2.05, 4.69) is 10.3 Å². The molecule has 1 amide bonds. The van der Waals surface area contributed by atoms with Crippen molar-refractivity contribution in [2.45, 2.75) is 13.8 Å². The Balaban J connectivity index is 1.72. The fourth-order valence-electron chi connectivity index (χ4n) is 2.45. The number of nitrogens with zero attached hydrogens (tertiary/aromatic N) is 1. The van der Waals surface area contributed by atoms with E-state index in [9.17, 15) is 9.59 Å². The van der Waals surface area contributed by atoms with Crippen molar-refractivity contribution in [1.82, 2.24) is 4.98 Å². The van der Waals surface area contributed by atoms with Crippen molar-refractivity contribution in [1.29, 1.82) is 0 Å². The number of esters is 1. The number of hydrogen-bond acceptors (Lipinski definition) is 5. The van der Waals surface area contributed by atoms with Crippen LogP contribution in [0.25, 0.3) is 11.1 Å². The van der Waals surface area contributed by atoms with E-state index in [1.165, 1.54) is 0 Å². The van der Waals surface area contributed by atoms with Gasteiger partial charge in [-0.15, -0.1) is 0 Å². The molecule has 0 spiro atoms. The Morgan fingerprint density at radius 3 is 2.35 bits per heavy atom. The molecule has 0 fully saturated rings. The number of carbonyl (C=O) groups is 2. The molecule has 3 aromatic rings. The van der Waals surface area contributed by atoms with E-state index in [0.717, 1.165) is 22.5 Å². The van der Waals surface area contributed by atoms with Crippen molar-refractivity contribution in [3.05, 3.63) is 70.7 Å². The third kappa shape index (κ3) is 3.97. The Morgan fingerprint density at radius 2 is 1.69 bits per heavy atom.